The number of rotatable bonds is 60. The zero-order valence-corrected chi connectivity index (χ0v) is 65.9. The maximum absolute atomic E-state index is 13.7. The van der Waals surface area contributed by atoms with Crippen molar-refractivity contribution in [2.24, 2.45) is 17.8 Å². The predicted octanol–water partition coefficient (Wildman–Crippen LogP) is 6.86. The van der Waals surface area contributed by atoms with Crippen LogP contribution in [-0.4, -0.2) is 326 Å². The molecule has 634 valence electrons. The van der Waals surface area contributed by atoms with Gasteiger partial charge in [0, 0.05) is 63.5 Å². The summed E-state index contributed by atoms with van der Waals surface area (Å²) in [5.41, 5.74) is 3.94. The van der Waals surface area contributed by atoms with Gasteiger partial charge in [-0.2, -0.15) is 0 Å². The number of aliphatic hydroxyl groups is 8. The molecule has 1 aromatic heterocycles. The average Bonchev–Trinajstić information content (AvgIpc) is 1.72. The number of halogens is 3. The maximum Gasteiger partial charge on any atom is 0.573 e. The fourth-order valence-corrected chi connectivity index (χ4v) is 15.8. The van der Waals surface area contributed by atoms with E-state index in [1.807, 2.05) is 10.9 Å². The first-order chi connectivity index (χ1) is 53.9. The largest absolute Gasteiger partial charge is 0.573 e. The molecule has 2 aromatic carbocycles. The van der Waals surface area contributed by atoms with Crippen LogP contribution in [0.15, 0.2) is 42.6 Å². The van der Waals surface area contributed by atoms with Crippen LogP contribution >= 0.6 is 0 Å². The van der Waals surface area contributed by atoms with Crippen molar-refractivity contribution in [3.8, 4) is 22.8 Å². The van der Waals surface area contributed by atoms with Crippen LogP contribution in [0.25, 0.3) is 11.3 Å². The summed E-state index contributed by atoms with van der Waals surface area (Å²) >= 11 is 0. The number of benzene rings is 2. The summed E-state index contributed by atoms with van der Waals surface area (Å²) in [5.74, 6) is 0.0506. The van der Waals surface area contributed by atoms with Crippen LogP contribution in [0.5, 0.6) is 11.5 Å². The molecule has 1 aliphatic carbocycles. The minimum atomic E-state index is -4.83. The Labute approximate surface area is 655 Å². The minimum Gasteiger partial charge on any atom is -0.490 e. The number of ether oxygens (including phenoxy) is 10. The molecule has 3 aromatic rings. The molecule has 4 aliphatic heterocycles. The summed E-state index contributed by atoms with van der Waals surface area (Å²) in [4.78, 5) is 20.0. The van der Waals surface area contributed by atoms with E-state index in [2.05, 4.69) is 43.0 Å². The number of β-amino-alcohol motifs (C(OH)–C–C–N with tert-alkyl or cyclic N) is 2. The zero-order chi connectivity index (χ0) is 79.0. The standard InChI is InChI=1S/C81H134F3N7O20/c1-60(80(100)101)75(63-19-20-63)65-21-18-61-22-24-72(110-74(61)53-65)62-26-30-88(31-27-62)54-66-52-64(23-25-73(66)111-81(82,83)84)67-55-91(86-85-67)29-17-15-13-11-9-7-5-3-2-4-6-8-10-12-14-16-28-87(32-36-102-40-44-106-48-50-108-46-42-104-38-34-89-56-70(94)78(98)76(96)68(89)58-92)33-37-103-41-45-107-49-51-109-47-43-105-39-35-90-57-71(95)79(99)77(97)69(90)59-93/h18,21,23,25,52-53,55,60,62-63,68-72,75-79,92-99H,2-17,19-20,22,24,26-51,54,56-59H2,1H3,(H,100,101)/t60-,68+,69+,70-,71-,72+,75-,76+,77+,78+,79+/m0/s1. The second kappa shape index (κ2) is 51.7. The zero-order valence-electron chi connectivity index (χ0n) is 65.9. The van der Waals surface area contributed by atoms with E-state index in [1.165, 1.54) is 83.1 Å². The fraction of sp³-hybridized carbons (Fsp3) is 0.815. The molecule has 3 saturated heterocycles. The van der Waals surface area contributed by atoms with Gasteiger partial charge in [0.15, 0.2) is 0 Å². The molecule has 0 radical (unpaired) electrons. The van der Waals surface area contributed by atoms with Crippen molar-refractivity contribution in [3.63, 3.8) is 0 Å². The topological polar surface area (TPSA) is 335 Å². The van der Waals surface area contributed by atoms with E-state index in [1.54, 1.807) is 28.9 Å². The molecule has 0 spiro atoms. The highest BCUT2D eigenvalue weighted by Gasteiger charge is 2.43. The van der Waals surface area contributed by atoms with Gasteiger partial charge in [0.2, 0.25) is 0 Å². The average molecular weight is 1580 g/mol. The Balaban J connectivity index is 0.621. The molecule has 5 aliphatic rings. The van der Waals surface area contributed by atoms with Crippen molar-refractivity contribution in [2.75, 3.05) is 178 Å². The van der Waals surface area contributed by atoms with Crippen LogP contribution in [-0.2, 0) is 62.2 Å². The van der Waals surface area contributed by atoms with Crippen LogP contribution in [0.1, 0.15) is 164 Å². The predicted molar refractivity (Wildman–Crippen MR) is 409 cm³/mol. The highest BCUT2D eigenvalue weighted by atomic mass is 19.4. The maximum atomic E-state index is 13.7. The minimum absolute atomic E-state index is 0.0252. The van der Waals surface area contributed by atoms with Crippen molar-refractivity contribution in [2.45, 2.75) is 228 Å². The molecule has 9 N–H and O–H groups in total. The number of aliphatic carboxylic acids is 1. The molecule has 4 fully saturated rings. The smallest absolute Gasteiger partial charge is 0.490 e. The van der Waals surface area contributed by atoms with Gasteiger partial charge in [0.05, 0.1) is 155 Å². The van der Waals surface area contributed by atoms with E-state index < -0.39 is 67.0 Å². The van der Waals surface area contributed by atoms with Gasteiger partial charge in [-0.15, -0.1) is 18.3 Å². The number of aromatic nitrogens is 3. The number of likely N-dealkylation sites (tertiary alicyclic amines) is 3. The lowest BCUT2D eigenvalue weighted by Gasteiger charge is -2.43. The van der Waals surface area contributed by atoms with Crippen molar-refractivity contribution in [1.82, 2.24) is 34.6 Å². The van der Waals surface area contributed by atoms with Crippen molar-refractivity contribution >= 4 is 5.97 Å². The van der Waals surface area contributed by atoms with Gasteiger partial charge >= 0.3 is 12.3 Å². The Morgan fingerprint density at radius 2 is 1.03 bits per heavy atom. The second-order valence-electron chi connectivity index (χ2n) is 30.9. The van der Waals surface area contributed by atoms with E-state index >= 15 is 0 Å². The SMILES string of the molecule is C[C@H](C(=O)O)[C@H](c1ccc2c(c1)O[C@@H](C1CCN(Cc3cc(-c4cn(CCCCCCCCCCCCCCCCCCN(CCOCCOCCOCCOCCN5C[C@H](O)[C@@H](O)[C@H](O)[C@H]5CO)CCOCCOCCOCCOCCN5C[C@H](O)[C@@H](O)[C@H](O)[C@H]5CO)nn4)ccc3OC(F)(F)F)CC1)CC2)C1CC1. The summed E-state index contributed by atoms with van der Waals surface area (Å²) in [6.07, 6.45) is 14.7. The van der Waals surface area contributed by atoms with Crippen LogP contribution < -0.4 is 9.47 Å². The van der Waals surface area contributed by atoms with E-state index in [9.17, 15) is 63.9 Å². The van der Waals surface area contributed by atoms with E-state index in [0.29, 0.717) is 167 Å². The first-order valence-electron chi connectivity index (χ1n) is 41.6. The lowest BCUT2D eigenvalue weighted by Crippen LogP contribution is -2.62. The first-order valence-corrected chi connectivity index (χ1v) is 41.6. The number of fused-ring (bicyclic) bond motifs is 1. The van der Waals surface area contributed by atoms with Crippen LogP contribution in [0, 0.1) is 17.8 Å². The number of nitrogens with zero attached hydrogens (tertiary/aromatic N) is 7. The van der Waals surface area contributed by atoms with Crippen LogP contribution in [0.4, 0.5) is 13.2 Å². The summed E-state index contributed by atoms with van der Waals surface area (Å²) in [7, 11) is 0. The number of carboxylic acids is 1. The molecular weight excluding hydrogens is 1450 g/mol. The number of unbranched alkanes of at least 4 members (excludes halogenated alkanes) is 15. The van der Waals surface area contributed by atoms with Crippen molar-refractivity contribution < 1.29 is 111 Å². The van der Waals surface area contributed by atoms with Gasteiger partial charge in [0.25, 0.3) is 0 Å². The lowest BCUT2D eigenvalue weighted by molar-refractivity contribution is -0.275. The van der Waals surface area contributed by atoms with Gasteiger partial charge in [-0.05, 0) is 124 Å². The Hall–Kier alpha value is -4.36. The molecule has 0 amide bonds. The molecule has 8 rings (SSSR count). The number of hydrogen-bond donors (Lipinski definition) is 9. The van der Waals surface area contributed by atoms with Gasteiger partial charge < -0.3 is 93.3 Å². The van der Waals surface area contributed by atoms with E-state index in [-0.39, 0.29) is 44.1 Å². The van der Waals surface area contributed by atoms with Gasteiger partial charge in [-0.1, -0.05) is 114 Å². The van der Waals surface area contributed by atoms with Crippen LogP contribution in [0.3, 0.4) is 0 Å². The third-order valence-electron chi connectivity index (χ3n) is 22.6. The third-order valence-corrected chi connectivity index (χ3v) is 22.6. The molecule has 27 nitrogen and oxygen atoms in total. The monoisotopic (exact) mass is 1580 g/mol. The van der Waals surface area contributed by atoms with Gasteiger partial charge in [-0.25, -0.2) is 0 Å². The molecular formula is C81H134F3N7O20. The molecule has 5 heterocycles. The molecule has 0 unspecified atom stereocenters. The molecule has 11 atom stereocenters. The summed E-state index contributed by atoms with van der Waals surface area (Å²) in [6, 6.07) is 9.72. The number of carbonyl (C=O) groups is 1. The lowest BCUT2D eigenvalue weighted by atomic mass is 9.81. The Kier molecular flexibility index (Phi) is 42.9. The number of aliphatic hydroxyl groups excluding tert-OH is 8. The van der Waals surface area contributed by atoms with Crippen molar-refractivity contribution in [1.29, 1.82) is 0 Å². The molecule has 111 heavy (non-hydrogen) atoms. The highest BCUT2D eigenvalue weighted by molar-refractivity contribution is 5.71. The number of hydrogen-bond acceptors (Lipinski definition) is 25. The first kappa shape index (κ1) is 92.2. The highest BCUT2D eigenvalue weighted by Crippen LogP contribution is 2.48. The van der Waals surface area contributed by atoms with Crippen molar-refractivity contribution in [3.05, 3.63) is 59.3 Å². The van der Waals surface area contributed by atoms with Crippen LogP contribution in [0.2, 0.25) is 0 Å². The normalized spacial score (nSPS) is 23.0. The number of alkyl halides is 3. The molecule has 0 bridgehead atoms. The fourth-order valence-electron chi connectivity index (χ4n) is 15.8. The Morgan fingerprint density at radius 3 is 1.50 bits per heavy atom. The number of piperidine rings is 3. The number of carboxylic acid groups (broad SMARTS) is 1. The quantitative estimate of drug-likeness (QED) is 0.0261. The van der Waals surface area contributed by atoms with Gasteiger partial charge in [0.1, 0.15) is 47.7 Å². The van der Waals surface area contributed by atoms with E-state index in [0.717, 1.165) is 107 Å². The molecule has 30 heteroatoms. The van der Waals surface area contributed by atoms with E-state index in [4.69, 9.17) is 42.6 Å². The number of aryl methyl sites for hydroxylation is 2. The Bertz CT molecular complexity index is 2910. The third kappa shape index (κ3) is 33.3. The Morgan fingerprint density at radius 1 is 0.559 bits per heavy atom. The summed E-state index contributed by atoms with van der Waals surface area (Å²) in [5, 5.41) is 98.2. The second-order valence-corrected chi connectivity index (χ2v) is 30.9. The summed E-state index contributed by atoms with van der Waals surface area (Å²) < 4.78 is 100. The summed E-state index contributed by atoms with van der Waals surface area (Å²) in [6.45, 7) is 13.8. The van der Waals surface area contributed by atoms with Gasteiger partial charge in [-0.3, -0.25) is 29.1 Å². The molecule has 1 saturated carbocycles.